The summed E-state index contributed by atoms with van der Waals surface area (Å²) in [5, 5.41) is 0. The van der Waals surface area contributed by atoms with Crippen LogP contribution < -0.4 is 0 Å². The van der Waals surface area contributed by atoms with Crippen LogP contribution in [0.1, 0.15) is 40.0 Å². The lowest BCUT2D eigenvalue weighted by molar-refractivity contribution is 0.0528. The average molecular weight is 222 g/mol. The Morgan fingerprint density at radius 1 is 1.36 bits per heavy atom. The third kappa shape index (κ3) is 3.94. The smallest absolute Gasteiger partial charge is 0.264 e. The summed E-state index contributed by atoms with van der Waals surface area (Å²) in [6.07, 6.45) is 2.07. The third-order valence-corrected chi connectivity index (χ3v) is 3.12. The molecule has 1 fully saturated rings. The van der Waals surface area contributed by atoms with Gasteiger partial charge in [-0.2, -0.15) is 8.42 Å². The first-order valence-electron chi connectivity index (χ1n) is 4.84. The Balaban J connectivity index is 2.63. The highest BCUT2D eigenvalue weighted by atomic mass is 32.3. The first-order chi connectivity index (χ1) is 6.18. The Morgan fingerprint density at radius 2 is 1.93 bits per heavy atom. The molecule has 2 atom stereocenters. The minimum absolute atomic E-state index is 0.0903. The van der Waals surface area contributed by atoms with Crippen molar-refractivity contribution in [2.75, 3.05) is 0 Å². The standard InChI is InChI=1S/C9H18O4S/c1-7-4-8(13-14(10,11)12)6-9(2,3)5-7/h7-8H,4-6H2,1-3H3,(H,10,11,12). The maximum Gasteiger partial charge on any atom is 0.397 e. The number of hydrogen-bond acceptors (Lipinski definition) is 3. The predicted octanol–water partition coefficient (Wildman–Crippen LogP) is 2.02. The van der Waals surface area contributed by atoms with Crippen molar-refractivity contribution in [3.8, 4) is 0 Å². The Kier molecular flexibility index (Phi) is 3.23. The average Bonchev–Trinajstić information content (AvgIpc) is 1.74. The van der Waals surface area contributed by atoms with E-state index in [1.54, 1.807) is 0 Å². The van der Waals surface area contributed by atoms with Crippen LogP contribution in [0.25, 0.3) is 0 Å². The van der Waals surface area contributed by atoms with Gasteiger partial charge in [0.2, 0.25) is 0 Å². The van der Waals surface area contributed by atoms with Crippen LogP contribution in [-0.4, -0.2) is 19.1 Å². The van der Waals surface area contributed by atoms with Crippen molar-refractivity contribution in [3.63, 3.8) is 0 Å². The van der Waals surface area contributed by atoms with Gasteiger partial charge in [0, 0.05) is 0 Å². The monoisotopic (exact) mass is 222 g/mol. The molecule has 1 aliphatic carbocycles. The maximum atomic E-state index is 10.6. The highest BCUT2D eigenvalue weighted by Crippen LogP contribution is 2.39. The molecule has 0 amide bonds. The topological polar surface area (TPSA) is 63.6 Å². The van der Waals surface area contributed by atoms with Crippen molar-refractivity contribution in [3.05, 3.63) is 0 Å². The molecule has 0 radical (unpaired) electrons. The Hall–Kier alpha value is -0.130. The summed E-state index contributed by atoms with van der Waals surface area (Å²) in [6.45, 7) is 6.24. The minimum Gasteiger partial charge on any atom is -0.264 e. The lowest BCUT2D eigenvalue weighted by Gasteiger charge is -2.37. The summed E-state index contributed by atoms with van der Waals surface area (Å²) in [4.78, 5) is 0. The molecule has 0 saturated heterocycles. The molecule has 1 rings (SSSR count). The van der Waals surface area contributed by atoms with Gasteiger partial charge in [-0.05, 0) is 30.6 Å². The van der Waals surface area contributed by atoms with Gasteiger partial charge in [0.15, 0.2) is 0 Å². The van der Waals surface area contributed by atoms with Crippen LogP contribution in [0.2, 0.25) is 0 Å². The molecule has 0 aromatic carbocycles. The molecule has 0 spiro atoms. The molecule has 1 aliphatic rings. The second kappa shape index (κ2) is 3.79. The van der Waals surface area contributed by atoms with Crippen LogP contribution in [0.5, 0.6) is 0 Å². The zero-order valence-corrected chi connectivity index (χ0v) is 9.67. The van der Waals surface area contributed by atoms with Crippen LogP contribution in [0.4, 0.5) is 0 Å². The summed E-state index contributed by atoms with van der Waals surface area (Å²) in [5.41, 5.74) is 0.0903. The molecule has 0 aromatic heterocycles. The Morgan fingerprint density at radius 3 is 2.36 bits per heavy atom. The summed E-state index contributed by atoms with van der Waals surface area (Å²) < 4.78 is 34.3. The lowest BCUT2D eigenvalue weighted by Crippen LogP contribution is -2.33. The molecule has 1 N–H and O–H groups in total. The van der Waals surface area contributed by atoms with Gasteiger partial charge in [-0.25, -0.2) is 4.18 Å². The molecule has 84 valence electrons. The van der Waals surface area contributed by atoms with Gasteiger partial charge < -0.3 is 0 Å². The first-order valence-corrected chi connectivity index (χ1v) is 6.20. The highest BCUT2D eigenvalue weighted by Gasteiger charge is 2.34. The van der Waals surface area contributed by atoms with Gasteiger partial charge in [0.25, 0.3) is 0 Å². The summed E-state index contributed by atoms with van der Waals surface area (Å²) in [6, 6.07) is 0. The first kappa shape index (κ1) is 11.9. The fourth-order valence-corrected chi connectivity index (χ4v) is 2.99. The van der Waals surface area contributed by atoms with Crippen LogP contribution >= 0.6 is 0 Å². The summed E-state index contributed by atoms with van der Waals surface area (Å²) >= 11 is 0. The van der Waals surface area contributed by atoms with Crippen LogP contribution in [0, 0.1) is 11.3 Å². The van der Waals surface area contributed by atoms with Crippen molar-refractivity contribution in [1.82, 2.24) is 0 Å². The van der Waals surface area contributed by atoms with Crippen LogP contribution in [-0.2, 0) is 14.6 Å². The highest BCUT2D eigenvalue weighted by molar-refractivity contribution is 7.80. The Bertz CT molecular complexity index is 294. The van der Waals surface area contributed by atoms with E-state index in [4.69, 9.17) is 4.55 Å². The number of hydrogen-bond donors (Lipinski definition) is 1. The van der Waals surface area contributed by atoms with Crippen LogP contribution in [0.15, 0.2) is 0 Å². The third-order valence-electron chi connectivity index (χ3n) is 2.60. The van der Waals surface area contributed by atoms with E-state index in [9.17, 15) is 8.42 Å². The fourth-order valence-electron chi connectivity index (χ4n) is 2.50. The zero-order chi connectivity index (χ0) is 11.0. The molecular weight excluding hydrogens is 204 g/mol. The van der Waals surface area contributed by atoms with E-state index in [0.29, 0.717) is 18.8 Å². The van der Waals surface area contributed by atoms with Crippen molar-refractivity contribution in [1.29, 1.82) is 0 Å². The molecule has 5 heteroatoms. The quantitative estimate of drug-likeness (QED) is 0.726. The van der Waals surface area contributed by atoms with Gasteiger partial charge in [0.1, 0.15) is 0 Å². The maximum absolute atomic E-state index is 10.6. The van der Waals surface area contributed by atoms with Gasteiger partial charge in [-0.1, -0.05) is 20.8 Å². The van der Waals surface area contributed by atoms with E-state index >= 15 is 0 Å². The normalized spacial score (nSPS) is 32.9. The molecule has 0 aromatic rings. The van der Waals surface area contributed by atoms with Gasteiger partial charge in [0.05, 0.1) is 6.10 Å². The molecule has 0 aliphatic heterocycles. The van der Waals surface area contributed by atoms with Crippen LogP contribution in [0.3, 0.4) is 0 Å². The fraction of sp³-hybridized carbons (Fsp3) is 1.00. The van der Waals surface area contributed by atoms with Crippen molar-refractivity contribution < 1.29 is 17.2 Å². The van der Waals surface area contributed by atoms with E-state index in [-0.39, 0.29) is 11.5 Å². The molecule has 0 heterocycles. The minimum atomic E-state index is -4.30. The lowest BCUT2D eigenvalue weighted by atomic mass is 9.72. The molecule has 2 unspecified atom stereocenters. The molecule has 1 saturated carbocycles. The second-order valence-electron chi connectivity index (χ2n) is 5.06. The van der Waals surface area contributed by atoms with Crippen molar-refractivity contribution in [2.45, 2.75) is 46.1 Å². The van der Waals surface area contributed by atoms with Gasteiger partial charge in [-0.15, -0.1) is 0 Å². The van der Waals surface area contributed by atoms with E-state index in [0.717, 1.165) is 6.42 Å². The van der Waals surface area contributed by atoms with Gasteiger partial charge >= 0.3 is 10.4 Å². The second-order valence-corrected chi connectivity index (χ2v) is 6.11. The Labute approximate surface area is 85.6 Å². The van der Waals surface area contributed by atoms with E-state index in [1.165, 1.54) is 0 Å². The predicted molar refractivity (Wildman–Crippen MR) is 53.2 cm³/mol. The van der Waals surface area contributed by atoms with Crippen molar-refractivity contribution >= 4 is 10.4 Å². The molecule has 14 heavy (non-hydrogen) atoms. The van der Waals surface area contributed by atoms with E-state index < -0.39 is 10.4 Å². The SMILES string of the molecule is CC1CC(OS(=O)(=O)O)CC(C)(C)C1. The van der Waals surface area contributed by atoms with Crippen molar-refractivity contribution in [2.24, 2.45) is 11.3 Å². The number of rotatable bonds is 2. The summed E-state index contributed by atoms with van der Waals surface area (Å²) in [5.74, 6) is 0.436. The molecular formula is C9H18O4S. The van der Waals surface area contributed by atoms with E-state index in [1.807, 2.05) is 0 Å². The van der Waals surface area contributed by atoms with E-state index in [2.05, 4.69) is 25.0 Å². The largest absolute Gasteiger partial charge is 0.397 e. The molecule has 0 bridgehead atoms. The molecule has 4 nitrogen and oxygen atoms in total. The summed E-state index contributed by atoms with van der Waals surface area (Å²) in [7, 11) is -4.30. The van der Waals surface area contributed by atoms with Gasteiger partial charge in [-0.3, -0.25) is 4.55 Å². The zero-order valence-electron chi connectivity index (χ0n) is 8.86.